The standard InChI is InChI=1S/C15H19NO4/c1-17-13-6-3-7-14(18-2)15(13)20-10-8-16-11-12-5-4-9-19-12/h3-7,9,16H,8,10-11H2,1-2H3/p+1. The van der Waals surface area contributed by atoms with Gasteiger partial charge < -0.3 is 23.9 Å². The minimum Gasteiger partial charge on any atom is -0.493 e. The largest absolute Gasteiger partial charge is 0.493 e. The molecule has 0 aliphatic rings. The van der Waals surface area contributed by atoms with E-state index in [9.17, 15) is 0 Å². The highest BCUT2D eigenvalue weighted by Crippen LogP contribution is 2.36. The average molecular weight is 278 g/mol. The Kier molecular flexibility index (Phi) is 5.32. The van der Waals surface area contributed by atoms with Crippen LogP contribution in [-0.2, 0) is 6.54 Å². The van der Waals surface area contributed by atoms with E-state index in [1.54, 1.807) is 20.5 Å². The van der Waals surface area contributed by atoms with Crippen molar-refractivity contribution < 1.29 is 23.9 Å². The van der Waals surface area contributed by atoms with Gasteiger partial charge in [-0.1, -0.05) is 6.07 Å². The molecule has 1 aromatic heterocycles. The molecule has 2 N–H and O–H groups in total. The van der Waals surface area contributed by atoms with Crippen LogP contribution in [0.2, 0.25) is 0 Å². The van der Waals surface area contributed by atoms with E-state index in [1.807, 2.05) is 30.3 Å². The van der Waals surface area contributed by atoms with Gasteiger partial charge in [0.2, 0.25) is 5.75 Å². The molecule has 1 heterocycles. The topological polar surface area (TPSA) is 57.4 Å². The van der Waals surface area contributed by atoms with Gasteiger partial charge in [-0.25, -0.2) is 0 Å². The summed E-state index contributed by atoms with van der Waals surface area (Å²) in [5.74, 6) is 2.95. The Morgan fingerprint density at radius 3 is 2.40 bits per heavy atom. The van der Waals surface area contributed by atoms with E-state index >= 15 is 0 Å². The van der Waals surface area contributed by atoms with Crippen LogP contribution in [0.15, 0.2) is 41.0 Å². The van der Waals surface area contributed by atoms with Gasteiger partial charge in [0.05, 0.1) is 20.5 Å². The van der Waals surface area contributed by atoms with Crippen molar-refractivity contribution in [2.45, 2.75) is 6.54 Å². The molecule has 0 amide bonds. The zero-order valence-corrected chi connectivity index (χ0v) is 11.8. The van der Waals surface area contributed by atoms with E-state index in [2.05, 4.69) is 5.32 Å². The fourth-order valence-electron chi connectivity index (χ4n) is 1.88. The number of ether oxygens (including phenoxy) is 3. The fraction of sp³-hybridized carbons (Fsp3) is 0.333. The third-order valence-corrected chi connectivity index (χ3v) is 2.88. The van der Waals surface area contributed by atoms with Crippen LogP contribution in [-0.4, -0.2) is 27.4 Å². The zero-order valence-electron chi connectivity index (χ0n) is 11.8. The maximum absolute atomic E-state index is 5.76. The second kappa shape index (κ2) is 7.45. The maximum Gasteiger partial charge on any atom is 0.203 e. The third kappa shape index (κ3) is 3.68. The first-order valence-electron chi connectivity index (χ1n) is 6.53. The molecule has 0 saturated heterocycles. The third-order valence-electron chi connectivity index (χ3n) is 2.88. The predicted octanol–water partition coefficient (Wildman–Crippen LogP) is 1.44. The van der Waals surface area contributed by atoms with E-state index < -0.39 is 0 Å². The molecule has 2 rings (SSSR count). The van der Waals surface area contributed by atoms with Gasteiger partial charge in [0, 0.05) is 0 Å². The van der Waals surface area contributed by atoms with E-state index in [0.717, 1.165) is 18.8 Å². The molecule has 5 heteroatoms. The van der Waals surface area contributed by atoms with Gasteiger partial charge in [0.15, 0.2) is 17.3 Å². The molecule has 0 bridgehead atoms. The Labute approximate surface area is 118 Å². The van der Waals surface area contributed by atoms with Gasteiger partial charge in [-0.05, 0) is 24.3 Å². The molecule has 1 aromatic carbocycles. The summed E-state index contributed by atoms with van der Waals surface area (Å²) in [4.78, 5) is 0. The van der Waals surface area contributed by atoms with E-state index in [4.69, 9.17) is 18.6 Å². The number of hydrogen-bond donors (Lipinski definition) is 1. The average Bonchev–Trinajstić information content (AvgIpc) is 3.00. The first-order chi connectivity index (χ1) is 9.85. The van der Waals surface area contributed by atoms with Crippen molar-refractivity contribution >= 4 is 0 Å². The first kappa shape index (κ1) is 14.3. The van der Waals surface area contributed by atoms with Crippen molar-refractivity contribution in [3.05, 3.63) is 42.4 Å². The Hall–Kier alpha value is -2.14. The lowest BCUT2D eigenvalue weighted by atomic mass is 10.3. The second-order valence-corrected chi connectivity index (χ2v) is 4.20. The molecule has 0 fully saturated rings. The molecular weight excluding hydrogens is 258 g/mol. The number of furan rings is 1. The smallest absolute Gasteiger partial charge is 0.203 e. The Morgan fingerprint density at radius 2 is 1.80 bits per heavy atom. The summed E-state index contributed by atoms with van der Waals surface area (Å²) in [6, 6.07) is 9.42. The van der Waals surface area contributed by atoms with Gasteiger partial charge in [0.25, 0.3) is 0 Å². The molecule has 0 aliphatic carbocycles. The summed E-state index contributed by atoms with van der Waals surface area (Å²) in [5.41, 5.74) is 0. The normalized spacial score (nSPS) is 10.3. The van der Waals surface area contributed by atoms with Crippen molar-refractivity contribution in [2.75, 3.05) is 27.4 Å². The number of benzene rings is 1. The minimum absolute atomic E-state index is 0.567. The molecule has 2 aromatic rings. The lowest BCUT2D eigenvalue weighted by Crippen LogP contribution is -2.83. The van der Waals surface area contributed by atoms with Crippen LogP contribution in [0, 0.1) is 0 Å². The van der Waals surface area contributed by atoms with E-state index in [0.29, 0.717) is 23.9 Å². The van der Waals surface area contributed by atoms with Crippen LogP contribution in [0.1, 0.15) is 5.76 Å². The van der Waals surface area contributed by atoms with E-state index in [-0.39, 0.29) is 0 Å². The monoisotopic (exact) mass is 278 g/mol. The van der Waals surface area contributed by atoms with E-state index in [1.165, 1.54) is 0 Å². The SMILES string of the molecule is COc1cccc(OC)c1OCC[NH2+]Cc1ccco1. The van der Waals surface area contributed by atoms with Crippen LogP contribution in [0.3, 0.4) is 0 Å². The van der Waals surface area contributed by atoms with Crippen molar-refractivity contribution in [2.24, 2.45) is 0 Å². The number of rotatable bonds is 8. The number of quaternary nitrogens is 1. The summed E-state index contributed by atoms with van der Waals surface area (Å²) in [6.45, 7) is 2.19. The number of methoxy groups -OCH3 is 2. The molecular formula is C15H20NO4+. The second-order valence-electron chi connectivity index (χ2n) is 4.20. The first-order valence-corrected chi connectivity index (χ1v) is 6.53. The molecule has 0 unspecified atom stereocenters. The Morgan fingerprint density at radius 1 is 1.05 bits per heavy atom. The lowest BCUT2D eigenvalue weighted by molar-refractivity contribution is -0.672. The molecule has 5 nitrogen and oxygen atoms in total. The van der Waals surface area contributed by atoms with Gasteiger partial charge >= 0.3 is 0 Å². The van der Waals surface area contributed by atoms with Crippen molar-refractivity contribution in [3.8, 4) is 17.2 Å². The summed E-state index contributed by atoms with van der Waals surface area (Å²) < 4.78 is 21.6. The van der Waals surface area contributed by atoms with Gasteiger partial charge in [-0.2, -0.15) is 0 Å². The van der Waals surface area contributed by atoms with Gasteiger partial charge in [0.1, 0.15) is 19.7 Å². The highest BCUT2D eigenvalue weighted by atomic mass is 16.5. The zero-order chi connectivity index (χ0) is 14.2. The summed E-state index contributed by atoms with van der Waals surface area (Å²) in [5, 5.41) is 2.13. The summed E-state index contributed by atoms with van der Waals surface area (Å²) in [6.07, 6.45) is 1.68. The number of para-hydroxylation sites is 1. The Balaban J connectivity index is 1.81. The quantitative estimate of drug-likeness (QED) is 0.742. The molecule has 0 aliphatic heterocycles. The minimum atomic E-state index is 0.567. The predicted molar refractivity (Wildman–Crippen MR) is 74.2 cm³/mol. The highest BCUT2D eigenvalue weighted by Gasteiger charge is 2.11. The molecule has 108 valence electrons. The van der Waals surface area contributed by atoms with Crippen LogP contribution >= 0.6 is 0 Å². The van der Waals surface area contributed by atoms with Crippen LogP contribution < -0.4 is 19.5 Å². The van der Waals surface area contributed by atoms with Crippen molar-refractivity contribution in [3.63, 3.8) is 0 Å². The van der Waals surface area contributed by atoms with Gasteiger partial charge in [-0.15, -0.1) is 0 Å². The maximum atomic E-state index is 5.76. The van der Waals surface area contributed by atoms with Crippen LogP contribution in [0.5, 0.6) is 17.2 Å². The molecule has 0 atom stereocenters. The number of hydrogen-bond acceptors (Lipinski definition) is 4. The number of nitrogens with two attached hydrogens (primary N) is 1. The van der Waals surface area contributed by atoms with Crippen LogP contribution in [0.4, 0.5) is 0 Å². The molecule has 0 spiro atoms. The van der Waals surface area contributed by atoms with Gasteiger partial charge in [-0.3, -0.25) is 0 Å². The summed E-state index contributed by atoms with van der Waals surface area (Å²) >= 11 is 0. The van der Waals surface area contributed by atoms with Crippen LogP contribution in [0.25, 0.3) is 0 Å². The van der Waals surface area contributed by atoms with Crippen molar-refractivity contribution in [1.29, 1.82) is 0 Å². The molecule has 20 heavy (non-hydrogen) atoms. The Bertz CT molecular complexity index is 488. The lowest BCUT2D eigenvalue weighted by Gasteiger charge is -2.13. The molecule has 0 radical (unpaired) electrons. The fourth-order valence-corrected chi connectivity index (χ4v) is 1.88. The molecule has 0 saturated carbocycles. The summed E-state index contributed by atoms with van der Waals surface area (Å²) in [7, 11) is 3.23. The van der Waals surface area contributed by atoms with Crippen molar-refractivity contribution in [1.82, 2.24) is 0 Å². The highest BCUT2D eigenvalue weighted by molar-refractivity contribution is 5.51.